The third-order valence-corrected chi connectivity index (χ3v) is 6.04. The van der Waals surface area contributed by atoms with Crippen LogP contribution < -0.4 is 0 Å². The summed E-state index contributed by atoms with van der Waals surface area (Å²) in [5.41, 5.74) is 1.23. The van der Waals surface area contributed by atoms with Gasteiger partial charge in [-0.2, -0.15) is 0 Å². The number of nitrogens with zero attached hydrogens (tertiary/aromatic N) is 3. The number of rotatable bonds is 7. The lowest BCUT2D eigenvalue weighted by molar-refractivity contribution is -0.133. The van der Waals surface area contributed by atoms with E-state index in [0.717, 1.165) is 31.6 Å². The zero-order valence-corrected chi connectivity index (χ0v) is 17.0. The quantitative estimate of drug-likeness (QED) is 0.712. The number of thiazole rings is 1. The fourth-order valence-corrected chi connectivity index (χ4v) is 4.46. The molecule has 4 nitrogen and oxygen atoms in total. The Labute approximate surface area is 165 Å². The maximum absolute atomic E-state index is 14.0. The van der Waals surface area contributed by atoms with E-state index < -0.39 is 0 Å². The molecule has 2 aromatic rings. The molecule has 146 valence electrons. The van der Waals surface area contributed by atoms with Crippen molar-refractivity contribution in [2.45, 2.75) is 44.6 Å². The van der Waals surface area contributed by atoms with Crippen LogP contribution in [0.1, 0.15) is 37.8 Å². The normalized spacial score (nSPS) is 15.3. The molecule has 1 heterocycles. The fourth-order valence-electron chi connectivity index (χ4n) is 3.61. The molecule has 3 rings (SSSR count). The predicted octanol–water partition coefficient (Wildman–Crippen LogP) is 4.21. The molecule has 1 saturated carbocycles. The number of hydrogen-bond donors (Lipinski definition) is 0. The van der Waals surface area contributed by atoms with Crippen molar-refractivity contribution < 1.29 is 9.18 Å². The smallest absolute Gasteiger partial charge is 0.228 e. The molecule has 1 fully saturated rings. The zero-order chi connectivity index (χ0) is 19.2. The maximum Gasteiger partial charge on any atom is 0.228 e. The van der Waals surface area contributed by atoms with E-state index in [1.807, 2.05) is 19.5 Å². The van der Waals surface area contributed by atoms with E-state index >= 15 is 0 Å². The van der Waals surface area contributed by atoms with Gasteiger partial charge >= 0.3 is 0 Å². The monoisotopic (exact) mass is 389 g/mol. The molecule has 1 aromatic heterocycles. The number of benzene rings is 1. The van der Waals surface area contributed by atoms with E-state index in [9.17, 15) is 9.18 Å². The minimum Gasteiger partial charge on any atom is -0.338 e. The average Bonchev–Trinajstić information content (AvgIpc) is 3.11. The van der Waals surface area contributed by atoms with Gasteiger partial charge in [-0.05, 0) is 39.1 Å². The van der Waals surface area contributed by atoms with Crippen LogP contribution in [0.3, 0.4) is 0 Å². The predicted molar refractivity (Wildman–Crippen MR) is 108 cm³/mol. The minimum absolute atomic E-state index is 0.133. The summed E-state index contributed by atoms with van der Waals surface area (Å²) in [6.07, 6.45) is 6.14. The Morgan fingerprint density at radius 2 is 1.93 bits per heavy atom. The van der Waals surface area contributed by atoms with Crippen molar-refractivity contribution in [1.29, 1.82) is 0 Å². The van der Waals surface area contributed by atoms with Gasteiger partial charge in [0.15, 0.2) is 0 Å². The second-order valence-corrected chi connectivity index (χ2v) is 8.34. The first-order chi connectivity index (χ1) is 13.0. The number of aromatic nitrogens is 1. The van der Waals surface area contributed by atoms with Gasteiger partial charge in [0.2, 0.25) is 5.91 Å². The molecule has 0 aliphatic heterocycles. The summed E-state index contributed by atoms with van der Waals surface area (Å²) in [7, 11) is 4.06. The Hall–Kier alpha value is -1.79. The van der Waals surface area contributed by atoms with Gasteiger partial charge in [0, 0.05) is 30.1 Å². The van der Waals surface area contributed by atoms with E-state index in [0.29, 0.717) is 16.6 Å². The van der Waals surface area contributed by atoms with E-state index in [1.165, 1.54) is 36.7 Å². The highest BCUT2D eigenvalue weighted by atomic mass is 32.1. The highest BCUT2D eigenvalue weighted by Gasteiger charge is 2.26. The summed E-state index contributed by atoms with van der Waals surface area (Å²) in [4.78, 5) is 21.7. The van der Waals surface area contributed by atoms with Gasteiger partial charge in [0.1, 0.15) is 10.8 Å². The first-order valence-electron chi connectivity index (χ1n) is 9.68. The molecule has 0 N–H and O–H groups in total. The van der Waals surface area contributed by atoms with Gasteiger partial charge in [-0.1, -0.05) is 31.4 Å². The van der Waals surface area contributed by atoms with Crippen LogP contribution in [0.2, 0.25) is 0 Å². The Morgan fingerprint density at radius 3 is 2.63 bits per heavy atom. The number of carbonyl (C=O) groups excluding carboxylic acids is 1. The van der Waals surface area contributed by atoms with E-state index in [4.69, 9.17) is 0 Å². The first kappa shape index (κ1) is 20.0. The SMILES string of the molecule is CN(C)CCN(C(=O)Cc1csc(-c2ccccc2F)n1)C1CCCCC1. The van der Waals surface area contributed by atoms with E-state index in [1.54, 1.807) is 18.2 Å². The van der Waals surface area contributed by atoms with E-state index in [-0.39, 0.29) is 18.1 Å². The fraction of sp³-hybridized carbons (Fsp3) is 0.524. The summed E-state index contributed by atoms with van der Waals surface area (Å²) >= 11 is 1.39. The number of carbonyl (C=O) groups is 1. The summed E-state index contributed by atoms with van der Waals surface area (Å²) in [5.74, 6) is -0.145. The van der Waals surface area contributed by atoms with Gasteiger partial charge in [-0.3, -0.25) is 4.79 Å². The standard InChI is InChI=1S/C21H28FN3OS/c1-24(2)12-13-25(17-8-4-3-5-9-17)20(26)14-16-15-27-21(23-16)18-10-6-7-11-19(18)22/h6-7,10-11,15,17H,3-5,8-9,12-14H2,1-2H3. The molecule has 0 saturated heterocycles. The Bertz CT molecular complexity index is 755. The molecule has 6 heteroatoms. The van der Waals surface area contributed by atoms with Crippen molar-refractivity contribution in [3.05, 3.63) is 41.2 Å². The summed E-state index contributed by atoms with van der Waals surface area (Å²) in [5, 5.41) is 2.51. The van der Waals surface area contributed by atoms with Crippen molar-refractivity contribution in [3.8, 4) is 10.6 Å². The molecule has 0 radical (unpaired) electrons. The molecule has 1 aliphatic carbocycles. The van der Waals surface area contributed by atoms with E-state index in [2.05, 4.69) is 14.8 Å². The number of likely N-dealkylation sites (N-methyl/N-ethyl adjacent to an activating group) is 1. The van der Waals surface area contributed by atoms with Crippen LogP contribution in [0, 0.1) is 5.82 Å². The van der Waals surface area contributed by atoms with Gasteiger partial charge in [0.25, 0.3) is 0 Å². The second kappa shape index (κ2) is 9.42. The van der Waals surface area contributed by atoms with Crippen molar-refractivity contribution in [2.75, 3.05) is 27.2 Å². The van der Waals surface area contributed by atoms with Crippen molar-refractivity contribution in [3.63, 3.8) is 0 Å². The molecule has 0 atom stereocenters. The molecule has 0 bridgehead atoms. The maximum atomic E-state index is 14.0. The van der Waals surface area contributed by atoms with Crippen LogP contribution in [-0.2, 0) is 11.2 Å². The Kier molecular flexibility index (Phi) is 6.96. The molecular formula is C21H28FN3OS. The molecule has 1 amide bonds. The summed E-state index contributed by atoms with van der Waals surface area (Å²) < 4.78 is 14.0. The molecule has 0 spiro atoms. The van der Waals surface area contributed by atoms with Gasteiger partial charge in [-0.25, -0.2) is 9.37 Å². The molecule has 27 heavy (non-hydrogen) atoms. The van der Waals surface area contributed by atoms with Crippen LogP contribution >= 0.6 is 11.3 Å². The van der Waals surface area contributed by atoms with Crippen molar-refractivity contribution in [1.82, 2.24) is 14.8 Å². The summed E-state index contributed by atoms with van der Waals surface area (Å²) in [6, 6.07) is 6.98. The highest BCUT2D eigenvalue weighted by Crippen LogP contribution is 2.27. The second-order valence-electron chi connectivity index (χ2n) is 7.48. The lowest BCUT2D eigenvalue weighted by Crippen LogP contribution is -2.45. The highest BCUT2D eigenvalue weighted by molar-refractivity contribution is 7.13. The third kappa shape index (κ3) is 5.36. The largest absolute Gasteiger partial charge is 0.338 e. The van der Waals surface area contributed by atoms with Crippen LogP contribution in [-0.4, -0.2) is 53.9 Å². The lowest BCUT2D eigenvalue weighted by Gasteiger charge is -2.35. The first-order valence-corrected chi connectivity index (χ1v) is 10.6. The molecule has 1 aliphatic rings. The zero-order valence-electron chi connectivity index (χ0n) is 16.2. The van der Waals surface area contributed by atoms with Crippen LogP contribution in [0.4, 0.5) is 4.39 Å². The Morgan fingerprint density at radius 1 is 1.19 bits per heavy atom. The Balaban J connectivity index is 1.70. The number of hydrogen-bond acceptors (Lipinski definition) is 4. The van der Waals surface area contributed by atoms with Crippen molar-refractivity contribution in [2.24, 2.45) is 0 Å². The molecular weight excluding hydrogens is 361 g/mol. The number of halogens is 1. The molecule has 0 unspecified atom stereocenters. The summed E-state index contributed by atoms with van der Waals surface area (Å²) in [6.45, 7) is 1.61. The topological polar surface area (TPSA) is 36.4 Å². The van der Waals surface area contributed by atoms with Gasteiger partial charge < -0.3 is 9.80 Å². The van der Waals surface area contributed by atoms with Crippen molar-refractivity contribution >= 4 is 17.2 Å². The van der Waals surface area contributed by atoms with Crippen LogP contribution in [0.5, 0.6) is 0 Å². The molecule has 1 aromatic carbocycles. The van der Waals surface area contributed by atoms with Crippen LogP contribution in [0.15, 0.2) is 29.6 Å². The van der Waals surface area contributed by atoms with Gasteiger partial charge in [-0.15, -0.1) is 11.3 Å². The third-order valence-electron chi connectivity index (χ3n) is 5.11. The minimum atomic E-state index is -0.278. The number of amides is 1. The lowest BCUT2D eigenvalue weighted by atomic mass is 9.94. The average molecular weight is 390 g/mol. The van der Waals surface area contributed by atoms with Crippen LogP contribution in [0.25, 0.3) is 10.6 Å². The van der Waals surface area contributed by atoms with Gasteiger partial charge in [0.05, 0.1) is 12.1 Å².